The average molecular weight is 614 g/mol. The van der Waals surface area contributed by atoms with E-state index in [1.54, 1.807) is 11.8 Å². The van der Waals surface area contributed by atoms with Gasteiger partial charge in [-0.2, -0.15) is 0 Å². The number of hydrogen-bond acceptors (Lipinski definition) is 13. The van der Waals surface area contributed by atoms with Gasteiger partial charge >= 0.3 is 0 Å². The molecule has 7 atom stereocenters. The number of Topliss-reactive ketones (excluding diaryl/α,β-unsaturated/α-hetero) is 1. The molecule has 0 radical (unpaired) electrons. The number of morpholine rings is 1. The number of phenolic OH excluding ortho intramolecular Hbond substituents is 2. The first kappa shape index (κ1) is 30.6. The number of aromatic hydroxyl groups is 2. The third-order valence-corrected chi connectivity index (χ3v) is 9.29. The maximum Gasteiger partial charge on any atom is 0.202 e. The molecule has 2 aromatic rings. The van der Waals surface area contributed by atoms with Gasteiger partial charge in [0.2, 0.25) is 5.78 Å². The zero-order valence-corrected chi connectivity index (χ0v) is 24.5. The van der Waals surface area contributed by atoms with Crippen molar-refractivity contribution >= 4 is 17.3 Å². The Morgan fingerprint density at radius 1 is 1.09 bits per heavy atom. The van der Waals surface area contributed by atoms with Crippen LogP contribution in [0.25, 0.3) is 0 Å². The van der Waals surface area contributed by atoms with Gasteiger partial charge in [0.05, 0.1) is 55.3 Å². The van der Waals surface area contributed by atoms with Gasteiger partial charge in [-0.1, -0.05) is 12.1 Å². The molecule has 4 aliphatic rings. The van der Waals surface area contributed by atoms with Crippen molar-refractivity contribution in [3.63, 3.8) is 0 Å². The highest BCUT2D eigenvalue weighted by atomic mass is 16.7. The summed E-state index contributed by atoms with van der Waals surface area (Å²) in [4.78, 5) is 41.8. The van der Waals surface area contributed by atoms with Gasteiger partial charge in [-0.05, 0) is 19.9 Å². The van der Waals surface area contributed by atoms with E-state index in [0.717, 1.165) is 0 Å². The number of ether oxygens (including phenoxy) is 4. The van der Waals surface area contributed by atoms with Crippen LogP contribution >= 0.6 is 0 Å². The quantitative estimate of drug-likeness (QED) is 0.253. The average Bonchev–Trinajstić information content (AvgIpc) is 2.99. The summed E-state index contributed by atoms with van der Waals surface area (Å²) in [5, 5.41) is 56.0. The lowest BCUT2D eigenvalue weighted by atomic mass is 9.72. The molecule has 13 heteroatoms. The fourth-order valence-electron chi connectivity index (χ4n) is 6.92. The molecule has 2 unspecified atom stereocenters. The van der Waals surface area contributed by atoms with Gasteiger partial charge in [-0.15, -0.1) is 0 Å². The van der Waals surface area contributed by atoms with Crippen molar-refractivity contribution in [1.82, 2.24) is 4.90 Å². The smallest absolute Gasteiger partial charge is 0.202 e. The number of methoxy groups -OCH3 is 1. The molecule has 13 nitrogen and oxygen atoms in total. The van der Waals surface area contributed by atoms with Gasteiger partial charge in [-0.25, -0.2) is 0 Å². The van der Waals surface area contributed by atoms with Crippen molar-refractivity contribution in [1.29, 1.82) is 0 Å². The van der Waals surface area contributed by atoms with Crippen LogP contribution in [0.1, 0.15) is 75.8 Å². The van der Waals surface area contributed by atoms with Crippen molar-refractivity contribution < 1.29 is 58.9 Å². The van der Waals surface area contributed by atoms with E-state index in [1.807, 2.05) is 0 Å². The van der Waals surface area contributed by atoms with E-state index in [4.69, 9.17) is 18.9 Å². The lowest BCUT2D eigenvalue weighted by Gasteiger charge is -2.47. The molecular weight excluding hydrogens is 578 g/mol. The van der Waals surface area contributed by atoms with E-state index in [0.29, 0.717) is 13.2 Å². The second-order valence-corrected chi connectivity index (χ2v) is 11.8. The summed E-state index contributed by atoms with van der Waals surface area (Å²) in [5.74, 6) is -3.27. The van der Waals surface area contributed by atoms with E-state index in [-0.39, 0.29) is 47.5 Å². The zero-order chi connectivity index (χ0) is 31.7. The number of fused-ring (bicyclic) bond motifs is 3. The van der Waals surface area contributed by atoms with Gasteiger partial charge in [0.25, 0.3) is 0 Å². The van der Waals surface area contributed by atoms with E-state index >= 15 is 0 Å². The lowest BCUT2D eigenvalue weighted by Crippen LogP contribution is -2.61. The Balaban J connectivity index is 1.44. The maximum absolute atomic E-state index is 13.8. The molecule has 5 N–H and O–H groups in total. The Hall–Kier alpha value is -3.43. The molecule has 2 aromatic carbocycles. The third-order valence-electron chi connectivity index (χ3n) is 9.29. The van der Waals surface area contributed by atoms with Crippen molar-refractivity contribution in [3.05, 3.63) is 51.6 Å². The number of ketones is 3. The highest BCUT2D eigenvalue weighted by Gasteiger charge is 2.50. The first-order valence-corrected chi connectivity index (χ1v) is 14.5. The molecule has 0 saturated carbocycles. The predicted molar refractivity (Wildman–Crippen MR) is 150 cm³/mol. The number of benzene rings is 2. The van der Waals surface area contributed by atoms with Gasteiger partial charge < -0.3 is 44.5 Å². The van der Waals surface area contributed by atoms with Crippen LogP contribution in [0.5, 0.6) is 17.2 Å². The molecule has 2 aliphatic heterocycles. The molecule has 2 saturated heterocycles. The number of rotatable bonds is 5. The minimum atomic E-state index is -2.04. The number of hydrogen-bond donors (Lipinski definition) is 5. The van der Waals surface area contributed by atoms with Crippen LogP contribution in [0, 0.1) is 0 Å². The largest absolute Gasteiger partial charge is 0.507 e. The molecule has 2 fully saturated rings. The lowest BCUT2D eigenvalue weighted by molar-refractivity contribution is -0.269. The third kappa shape index (κ3) is 4.70. The van der Waals surface area contributed by atoms with E-state index < -0.39 is 88.9 Å². The number of nitrogens with zero attached hydrogens (tertiary/aromatic N) is 1. The van der Waals surface area contributed by atoms with Crippen molar-refractivity contribution in [2.75, 3.05) is 26.9 Å². The number of carbonyl (C=O) groups is 3. The molecule has 2 heterocycles. The Morgan fingerprint density at radius 3 is 2.50 bits per heavy atom. The fourth-order valence-corrected chi connectivity index (χ4v) is 6.92. The summed E-state index contributed by atoms with van der Waals surface area (Å²) in [7, 11) is 1.34. The van der Waals surface area contributed by atoms with Crippen molar-refractivity contribution in [2.24, 2.45) is 0 Å². The Morgan fingerprint density at radius 2 is 1.82 bits per heavy atom. The highest BCUT2D eigenvalue weighted by molar-refractivity contribution is 6.31. The molecule has 0 bridgehead atoms. The summed E-state index contributed by atoms with van der Waals surface area (Å²) >= 11 is 0. The van der Waals surface area contributed by atoms with Crippen LogP contribution in [0.2, 0.25) is 0 Å². The standard InChI is InChI=1S/C31H35NO12/c1-13-26(35)17(32-7-8-42-12-20(32)34)9-21(43-13)44-19-11-31(40,14(2)33)10-16-23(19)30(39)25-24(28(16)37)27(36)15-5-4-6-18(41-3)22(15)29(25)38/h4-6,13,17,19-21,26,34-35,37,39-40H,7-12H2,1-3H3/t13-,17?,19-,20?,21-,26+,31-/m0/s1. The first-order chi connectivity index (χ1) is 20.9. The molecule has 236 valence electrons. The Labute approximate surface area is 252 Å². The van der Waals surface area contributed by atoms with Gasteiger partial charge in [0.15, 0.2) is 17.9 Å². The van der Waals surface area contributed by atoms with Crippen LogP contribution in [0.4, 0.5) is 0 Å². The molecule has 0 spiro atoms. The van der Waals surface area contributed by atoms with E-state index in [9.17, 15) is 39.9 Å². The number of aliphatic hydroxyl groups is 3. The van der Waals surface area contributed by atoms with Crippen LogP contribution in [-0.2, 0) is 25.4 Å². The fraction of sp³-hybridized carbons (Fsp3) is 0.516. The Bertz CT molecular complexity index is 1540. The molecule has 2 aliphatic carbocycles. The van der Waals surface area contributed by atoms with Crippen LogP contribution < -0.4 is 4.74 Å². The van der Waals surface area contributed by atoms with E-state index in [1.165, 1.54) is 32.2 Å². The molecule has 0 aromatic heterocycles. The second-order valence-electron chi connectivity index (χ2n) is 11.8. The SMILES string of the molecule is COc1cccc2c1C(=O)c1c(O)c3c(c(O)c1C2=O)C[C@@](O)(C(C)=O)C[C@@H]3O[C@H]1CC(N2CCOCC2O)[C@H](O)[C@H](C)O1. The molecule has 44 heavy (non-hydrogen) atoms. The van der Waals surface area contributed by atoms with Crippen molar-refractivity contribution in [3.8, 4) is 17.2 Å². The number of phenols is 2. The number of aliphatic hydroxyl groups excluding tert-OH is 2. The van der Waals surface area contributed by atoms with Crippen LogP contribution in [-0.4, -0.2) is 111 Å². The summed E-state index contributed by atoms with van der Waals surface area (Å²) in [6.07, 6.45) is -5.79. The van der Waals surface area contributed by atoms with Crippen molar-refractivity contribution in [2.45, 2.75) is 75.6 Å². The van der Waals surface area contributed by atoms with Crippen LogP contribution in [0.15, 0.2) is 18.2 Å². The molecule has 6 rings (SSSR count). The highest BCUT2D eigenvalue weighted by Crippen LogP contribution is 2.52. The monoisotopic (exact) mass is 613 g/mol. The summed E-state index contributed by atoms with van der Waals surface area (Å²) in [6.45, 7) is 3.57. The van der Waals surface area contributed by atoms with Gasteiger partial charge in [0, 0.05) is 48.5 Å². The summed E-state index contributed by atoms with van der Waals surface area (Å²) < 4.78 is 22.9. The zero-order valence-electron chi connectivity index (χ0n) is 24.5. The molecule has 0 amide bonds. The predicted octanol–water partition coefficient (Wildman–Crippen LogP) is 0.721. The first-order valence-electron chi connectivity index (χ1n) is 14.5. The van der Waals surface area contributed by atoms with Gasteiger partial charge in [-0.3, -0.25) is 19.3 Å². The Kier molecular flexibility index (Phi) is 7.77. The minimum Gasteiger partial charge on any atom is -0.507 e. The van der Waals surface area contributed by atoms with Gasteiger partial charge in [0.1, 0.15) is 29.1 Å². The topological polar surface area (TPSA) is 193 Å². The van der Waals surface area contributed by atoms with Crippen LogP contribution in [0.3, 0.4) is 0 Å². The van der Waals surface area contributed by atoms with E-state index in [2.05, 4.69) is 0 Å². The second kappa shape index (κ2) is 11.2. The maximum atomic E-state index is 13.8. The summed E-state index contributed by atoms with van der Waals surface area (Å²) in [6, 6.07) is 3.83. The molecular formula is C31H35NO12. The summed E-state index contributed by atoms with van der Waals surface area (Å²) in [5.41, 5.74) is -3.18. The minimum absolute atomic E-state index is 0.0265. The normalized spacial score (nSPS) is 32.0. The number of carbonyl (C=O) groups excluding carboxylic acids is 3.